The van der Waals surface area contributed by atoms with Crippen LogP contribution in [0.15, 0.2) is 67.3 Å². The van der Waals surface area contributed by atoms with Crippen molar-refractivity contribution in [1.82, 2.24) is 10.6 Å². The summed E-state index contributed by atoms with van der Waals surface area (Å²) in [6.45, 7) is 4.78. The number of carbonyl (C=O) groups is 1. The Bertz CT molecular complexity index is 701. The molecule has 0 atom stereocenters. The zero-order valence-electron chi connectivity index (χ0n) is 13.4. The Balaban J connectivity index is 1.93. The molecule has 0 fully saturated rings. The normalized spacial score (nSPS) is 9.83. The lowest BCUT2D eigenvalue weighted by atomic mass is 10.1. The van der Waals surface area contributed by atoms with Crippen LogP contribution in [0.5, 0.6) is 0 Å². The van der Waals surface area contributed by atoms with Gasteiger partial charge >= 0.3 is 0 Å². The maximum absolute atomic E-state index is 12.4. The van der Waals surface area contributed by atoms with Gasteiger partial charge in [-0.1, -0.05) is 48.5 Å². The Morgan fingerprint density at radius 2 is 1.75 bits per heavy atom. The van der Waals surface area contributed by atoms with Crippen LogP contribution in [-0.2, 0) is 6.42 Å². The van der Waals surface area contributed by atoms with E-state index in [2.05, 4.69) is 22.5 Å². The molecule has 0 aromatic heterocycles. The number of nitrogens with one attached hydrogen (secondary N) is 3. The van der Waals surface area contributed by atoms with Gasteiger partial charge in [-0.15, -0.1) is 6.58 Å². The Labute approximate surface area is 148 Å². The molecule has 0 saturated heterocycles. The molecule has 2 rings (SSSR count). The zero-order valence-corrected chi connectivity index (χ0v) is 14.2. The molecule has 0 aliphatic rings. The number of hydrogen-bond donors (Lipinski definition) is 3. The molecule has 24 heavy (non-hydrogen) atoms. The Hall–Kier alpha value is -2.66. The minimum absolute atomic E-state index is 0.124. The van der Waals surface area contributed by atoms with E-state index in [1.807, 2.05) is 48.5 Å². The second kappa shape index (κ2) is 9.47. The maximum atomic E-state index is 12.4. The molecule has 5 heteroatoms. The van der Waals surface area contributed by atoms with Crippen molar-refractivity contribution in [2.24, 2.45) is 0 Å². The molecular formula is C19H21N3OS. The Morgan fingerprint density at radius 3 is 2.50 bits per heavy atom. The van der Waals surface area contributed by atoms with Crippen LogP contribution in [0.2, 0.25) is 0 Å². The van der Waals surface area contributed by atoms with Crippen molar-refractivity contribution in [2.45, 2.75) is 6.42 Å². The van der Waals surface area contributed by atoms with Crippen LogP contribution in [0, 0.1) is 0 Å². The molecular weight excluding hydrogens is 318 g/mol. The molecule has 4 nitrogen and oxygen atoms in total. The Kier molecular flexibility index (Phi) is 6.98. The summed E-state index contributed by atoms with van der Waals surface area (Å²) >= 11 is 5.20. The van der Waals surface area contributed by atoms with E-state index in [4.69, 9.17) is 12.2 Å². The summed E-state index contributed by atoms with van der Waals surface area (Å²) in [6, 6.07) is 17.4. The number of amides is 1. The van der Waals surface area contributed by atoms with Crippen molar-refractivity contribution in [3.05, 3.63) is 78.4 Å². The quantitative estimate of drug-likeness (QED) is 0.536. The second-order valence-electron chi connectivity index (χ2n) is 5.16. The first-order valence-electron chi connectivity index (χ1n) is 7.77. The summed E-state index contributed by atoms with van der Waals surface area (Å²) in [5.41, 5.74) is 2.43. The largest absolute Gasteiger partial charge is 0.359 e. The molecule has 0 spiro atoms. The van der Waals surface area contributed by atoms with Gasteiger partial charge in [0.05, 0.1) is 11.3 Å². The highest BCUT2D eigenvalue weighted by atomic mass is 32.1. The molecule has 1 amide bonds. The molecule has 0 aliphatic carbocycles. The van der Waals surface area contributed by atoms with E-state index in [0.717, 1.165) is 6.42 Å². The van der Waals surface area contributed by atoms with Crippen molar-refractivity contribution in [3.63, 3.8) is 0 Å². The first-order chi connectivity index (χ1) is 11.7. The summed E-state index contributed by atoms with van der Waals surface area (Å²) in [7, 11) is 0. The molecule has 3 N–H and O–H groups in total. The Morgan fingerprint density at radius 1 is 1.04 bits per heavy atom. The number of anilines is 1. The van der Waals surface area contributed by atoms with Crippen LogP contribution in [-0.4, -0.2) is 24.1 Å². The summed E-state index contributed by atoms with van der Waals surface area (Å²) in [5, 5.41) is 9.43. The third-order valence-corrected chi connectivity index (χ3v) is 3.62. The van der Waals surface area contributed by atoms with Gasteiger partial charge in [0.1, 0.15) is 0 Å². The standard InChI is InChI=1S/C19H21N3OS/c1-2-13-21-19(24)22-17-11-7-6-10-16(17)18(23)20-14-12-15-8-4-3-5-9-15/h2-11H,1,12-14H2,(H,20,23)(H2,21,22,24). The van der Waals surface area contributed by atoms with Crippen LogP contribution in [0.3, 0.4) is 0 Å². The number of carbonyl (C=O) groups excluding carboxylic acids is 1. The van der Waals surface area contributed by atoms with Crippen LogP contribution < -0.4 is 16.0 Å². The van der Waals surface area contributed by atoms with Gasteiger partial charge < -0.3 is 16.0 Å². The maximum Gasteiger partial charge on any atom is 0.253 e. The SMILES string of the molecule is C=CCNC(=S)Nc1ccccc1C(=O)NCCc1ccccc1. The van der Waals surface area contributed by atoms with Crippen molar-refractivity contribution >= 4 is 28.9 Å². The van der Waals surface area contributed by atoms with Crippen LogP contribution >= 0.6 is 12.2 Å². The minimum atomic E-state index is -0.124. The molecule has 124 valence electrons. The summed E-state index contributed by atoms with van der Waals surface area (Å²) in [5.74, 6) is -0.124. The van der Waals surface area contributed by atoms with Gasteiger partial charge in [0.15, 0.2) is 5.11 Å². The minimum Gasteiger partial charge on any atom is -0.359 e. The molecule has 0 heterocycles. The average Bonchev–Trinajstić information content (AvgIpc) is 2.61. The third-order valence-electron chi connectivity index (χ3n) is 3.37. The summed E-state index contributed by atoms with van der Waals surface area (Å²) < 4.78 is 0. The van der Waals surface area contributed by atoms with Gasteiger partial charge in [-0.3, -0.25) is 4.79 Å². The lowest BCUT2D eigenvalue weighted by Crippen LogP contribution is -2.31. The number of para-hydroxylation sites is 1. The van der Waals surface area contributed by atoms with Gasteiger partial charge in [0, 0.05) is 13.1 Å². The zero-order chi connectivity index (χ0) is 17.2. The highest BCUT2D eigenvalue weighted by Crippen LogP contribution is 2.14. The van der Waals surface area contributed by atoms with Crippen molar-refractivity contribution in [2.75, 3.05) is 18.4 Å². The first-order valence-corrected chi connectivity index (χ1v) is 8.18. The van der Waals surface area contributed by atoms with E-state index in [9.17, 15) is 4.79 Å². The monoisotopic (exact) mass is 339 g/mol. The van der Waals surface area contributed by atoms with E-state index in [0.29, 0.717) is 29.5 Å². The molecule has 0 unspecified atom stereocenters. The van der Waals surface area contributed by atoms with Gasteiger partial charge in [-0.25, -0.2) is 0 Å². The highest BCUT2D eigenvalue weighted by molar-refractivity contribution is 7.80. The fraction of sp³-hybridized carbons (Fsp3) is 0.158. The van der Waals surface area contributed by atoms with Crippen molar-refractivity contribution in [3.8, 4) is 0 Å². The number of thiocarbonyl (C=S) groups is 1. The predicted molar refractivity (Wildman–Crippen MR) is 103 cm³/mol. The lowest BCUT2D eigenvalue weighted by molar-refractivity contribution is 0.0955. The average molecular weight is 339 g/mol. The third kappa shape index (κ3) is 5.52. The molecule has 0 aliphatic heterocycles. The molecule has 2 aromatic rings. The fourth-order valence-electron chi connectivity index (χ4n) is 2.18. The number of rotatable bonds is 7. The smallest absolute Gasteiger partial charge is 0.253 e. The van der Waals surface area contributed by atoms with Gasteiger partial charge in [-0.05, 0) is 36.3 Å². The topological polar surface area (TPSA) is 53.2 Å². The van der Waals surface area contributed by atoms with Crippen LogP contribution in [0.4, 0.5) is 5.69 Å². The summed E-state index contributed by atoms with van der Waals surface area (Å²) in [4.78, 5) is 12.4. The van der Waals surface area contributed by atoms with Gasteiger partial charge in [-0.2, -0.15) is 0 Å². The van der Waals surface area contributed by atoms with Gasteiger partial charge in [0.2, 0.25) is 0 Å². The first kappa shape index (κ1) is 17.7. The van der Waals surface area contributed by atoms with E-state index in [-0.39, 0.29) is 5.91 Å². The molecule has 0 radical (unpaired) electrons. The van der Waals surface area contributed by atoms with Crippen molar-refractivity contribution in [1.29, 1.82) is 0 Å². The lowest BCUT2D eigenvalue weighted by Gasteiger charge is -2.13. The van der Waals surface area contributed by atoms with Gasteiger partial charge in [0.25, 0.3) is 5.91 Å². The van der Waals surface area contributed by atoms with E-state index < -0.39 is 0 Å². The summed E-state index contributed by atoms with van der Waals surface area (Å²) in [6.07, 6.45) is 2.51. The number of hydrogen-bond acceptors (Lipinski definition) is 2. The second-order valence-corrected chi connectivity index (χ2v) is 5.57. The predicted octanol–water partition coefficient (Wildman–Crippen LogP) is 3.13. The molecule has 2 aromatic carbocycles. The van der Waals surface area contributed by atoms with E-state index in [1.165, 1.54) is 5.56 Å². The van der Waals surface area contributed by atoms with E-state index in [1.54, 1.807) is 12.1 Å². The van der Waals surface area contributed by atoms with Crippen molar-refractivity contribution < 1.29 is 4.79 Å². The fourth-order valence-corrected chi connectivity index (χ4v) is 2.38. The van der Waals surface area contributed by atoms with Crippen LogP contribution in [0.25, 0.3) is 0 Å². The van der Waals surface area contributed by atoms with E-state index >= 15 is 0 Å². The highest BCUT2D eigenvalue weighted by Gasteiger charge is 2.11. The number of benzene rings is 2. The molecule has 0 saturated carbocycles. The molecule has 0 bridgehead atoms. The van der Waals surface area contributed by atoms with Crippen LogP contribution in [0.1, 0.15) is 15.9 Å².